The van der Waals surface area contributed by atoms with E-state index in [1.165, 1.54) is 31.4 Å². The summed E-state index contributed by atoms with van der Waals surface area (Å²) in [5, 5.41) is 8.74. The monoisotopic (exact) mass is 578 g/mol. The number of carbonyl (C=O) groups is 1. The summed E-state index contributed by atoms with van der Waals surface area (Å²) in [5.41, 5.74) is 6.01. The third-order valence-electron chi connectivity index (χ3n) is 5.19. The normalized spacial score (nSPS) is 11.3. The molecule has 0 saturated carbocycles. The number of hydrogen-bond donors (Lipinski definition) is 1. The van der Waals surface area contributed by atoms with Gasteiger partial charge in [-0.15, -0.1) is 11.8 Å². The van der Waals surface area contributed by atoms with Gasteiger partial charge in [0.1, 0.15) is 5.75 Å². The van der Waals surface area contributed by atoms with E-state index < -0.39 is 5.97 Å². The quantitative estimate of drug-likeness (QED) is 0.164. The Morgan fingerprint density at radius 2 is 1.47 bits per heavy atom. The molecular formula is C29H23IO3S. The molecule has 1 N–H and O–H groups in total. The van der Waals surface area contributed by atoms with Crippen molar-refractivity contribution in [1.29, 1.82) is 0 Å². The summed E-state index contributed by atoms with van der Waals surface area (Å²) >= 11 is 4.12. The highest BCUT2D eigenvalue weighted by Gasteiger charge is 2.09. The highest BCUT2D eigenvalue weighted by atomic mass is 127. The van der Waals surface area contributed by atoms with Crippen LogP contribution < -0.4 is 4.74 Å². The van der Waals surface area contributed by atoms with E-state index >= 15 is 0 Å². The molecule has 3 nitrogen and oxygen atoms in total. The van der Waals surface area contributed by atoms with Crippen LogP contribution >= 0.6 is 34.4 Å². The SMILES string of the molecule is O=C(O)COc1ccc(SCC=C(c2ccc(-c3ccccc3)cc2)c2ccccc2I)cc1. The van der Waals surface area contributed by atoms with Crippen LogP contribution in [0.2, 0.25) is 0 Å². The zero-order valence-electron chi connectivity index (χ0n) is 18.4. The summed E-state index contributed by atoms with van der Waals surface area (Å²) < 4.78 is 6.43. The summed E-state index contributed by atoms with van der Waals surface area (Å²) in [6.07, 6.45) is 2.27. The largest absolute Gasteiger partial charge is 0.482 e. The number of rotatable bonds is 9. The highest BCUT2D eigenvalue weighted by molar-refractivity contribution is 14.1. The Bertz CT molecular complexity index is 1270. The highest BCUT2D eigenvalue weighted by Crippen LogP contribution is 2.31. The molecule has 0 heterocycles. The smallest absolute Gasteiger partial charge is 0.341 e. The zero-order valence-corrected chi connectivity index (χ0v) is 21.3. The first-order valence-corrected chi connectivity index (χ1v) is 12.8. The number of aliphatic carboxylic acids is 1. The van der Waals surface area contributed by atoms with Crippen LogP contribution in [0.4, 0.5) is 0 Å². The fraction of sp³-hybridized carbons (Fsp3) is 0.0690. The molecule has 0 radical (unpaired) electrons. The maximum atomic E-state index is 10.7. The first-order chi connectivity index (χ1) is 16.6. The van der Waals surface area contributed by atoms with Crippen LogP contribution in [0.25, 0.3) is 16.7 Å². The fourth-order valence-electron chi connectivity index (χ4n) is 3.53. The number of carboxylic acid groups (broad SMARTS) is 1. The van der Waals surface area contributed by atoms with E-state index in [9.17, 15) is 4.79 Å². The Morgan fingerprint density at radius 3 is 2.15 bits per heavy atom. The van der Waals surface area contributed by atoms with E-state index in [1.807, 2.05) is 18.2 Å². The maximum absolute atomic E-state index is 10.7. The van der Waals surface area contributed by atoms with E-state index in [1.54, 1.807) is 23.9 Å². The second kappa shape index (κ2) is 11.9. The van der Waals surface area contributed by atoms with Crippen LogP contribution in [-0.2, 0) is 4.79 Å². The lowest BCUT2D eigenvalue weighted by atomic mass is 9.95. The van der Waals surface area contributed by atoms with Gasteiger partial charge in [0.2, 0.25) is 0 Å². The van der Waals surface area contributed by atoms with Crippen molar-refractivity contribution >= 4 is 45.9 Å². The number of thioether (sulfide) groups is 1. The Kier molecular flexibility index (Phi) is 8.44. The van der Waals surface area contributed by atoms with Gasteiger partial charge in [-0.1, -0.05) is 78.9 Å². The molecule has 0 fully saturated rings. The van der Waals surface area contributed by atoms with Crippen LogP contribution in [0.5, 0.6) is 5.75 Å². The molecule has 0 aliphatic rings. The van der Waals surface area contributed by atoms with Crippen LogP contribution in [-0.4, -0.2) is 23.4 Å². The molecule has 0 unspecified atom stereocenters. The molecule has 0 aromatic heterocycles. The van der Waals surface area contributed by atoms with Crippen molar-refractivity contribution in [2.45, 2.75) is 4.90 Å². The van der Waals surface area contributed by atoms with Gasteiger partial charge >= 0.3 is 5.97 Å². The minimum atomic E-state index is -0.983. The minimum Gasteiger partial charge on any atom is -0.482 e. The van der Waals surface area contributed by atoms with Crippen LogP contribution in [0.1, 0.15) is 11.1 Å². The topological polar surface area (TPSA) is 46.5 Å². The number of benzene rings is 4. The van der Waals surface area contributed by atoms with Gasteiger partial charge in [-0.2, -0.15) is 0 Å². The predicted molar refractivity (Wildman–Crippen MR) is 148 cm³/mol. The molecule has 4 rings (SSSR count). The van der Waals surface area contributed by atoms with E-state index in [-0.39, 0.29) is 6.61 Å². The van der Waals surface area contributed by atoms with Crippen molar-refractivity contribution in [2.75, 3.05) is 12.4 Å². The summed E-state index contributed by atoms with van der Waals surface area (Å²) in [6.45, 7) is -0.336. The van der Waals surface area contributed by atoms with Gasteiger partial charge in [0.15, 0.2) is 6.61 Å². The van der Waals surface area contributed by atoms with Gasteiger partial charge in [-0.25, -0.2) is 4.79 Å². The van der Waals surface area contributed by atoms with Gasteiger partial charge in [0, 0.05) is 14.2 Å². The maximum Gasteiger partial charge on any atom is 0.341 e. The third-order valence-corrected chi connectivity index (χ3v) is 7.07. The fourth-order valence-corrected chi connectivity index (χ4v) is 4.98. The van der Waals surface area contributed by atoms with E-state index in [0.29, 0.717) is 5.75 Å². The molecular weight excluding hydrogens is 555 g/mol. The van der Waals surface area contributed by atoms with Crippen molar-refractivity contribution in [1.82, 2.24) is 0 Å². The number of halogens is 1. The second-order valence-corrected chi connectivity index (χ2v) is 9.76. The van der Waals surface area contributed by atoms with Gasteiger partial charge in [-0.05, 0) is 80.7 Å². The molecule has 5 heteroatoms. The molecule has 170 valence electrons. The van der Waals surface area contributed by atoms with Crippen molar-refractivity contribution < 1.29 is 14.6 Å². The van der Waals surface area contributed by atoms with Crippen molar-refractivity contribution in [3.8, 4) is 16.9 Å². The Hall–Kier alpha value is -3.03. The molecule has 0 aliphatic heterocycles. The number of ether oxygens (including phenoxy) is 1. The average Bonchev–Trinajstić information content (AvgIpc) is 2.87. The van der Waals surface area contributed by atoms with Crippen LogP contribution in [0.3, 0.4) is 0 Å². The summed E-state index contributed by atoms with van der Waals surface area (Å²) in [4.78, 5) is 11.8. The zero-order chi connectivity index (χ0) is 23.8. The standard InChI is InChI=1S/C29H23IO3S/c30-28-9-5-4-8-27(28)26(23-12-10-22(11-13-23)21-6-2-1-3-7-21)18-19-34-25-16-14-24(15-17-25)33-20-29(31)32/h1-18H,19-20H2,(H,31,32). The van der Waals surface area contributed by atoms with E-state index in [2.05, 4.69) is 101 Å². The molecule has 4 aromatic rings. The van der Waals surface area contributed by atoms with E-state index in [0.717, 1.165) is 10.6 Å². The summed E-state index contributed by atoms with van der Waals surface area (Å²) in [6, 6.07) is 35.1. The Labute approximate surface area is 217 Å². The third kappa shape index (κ3) is 6.52. The van der Waals surface area contributed by atoms with Gasteiger partial charge < -0.3 is 9.84 Å². The molecule has 4 aromatic carbocycles. The Morgan fingerprint density at radius 1 is 0.824 bits per heavy atom. The second-order valence-electron chi connectivity index (χ2n) is 7.51. The molecule has 0 aliphatic carbocycles. The molecule has 0 saturated heterocycles. The van der Waals surface area contributed by atoms with Crippen LogP contribution in [0, 0.1) is 3.57 Å². The molecule has 34 heavy (non-hydrogen) atoms. The van der Waals surface area contributed by atoms with Crippen molar-refractivity contribution in [3.05, 3.63) is 124 Å². The number of hydrogen-bond acceptors (Lipinski definition) is 3. The lowest BCUT2D eigenvalue weighted by Crippen LogP contribution is -2.09. The Balaban J connectivity index is 1.54. The first-order valence-electron chi connectivity index (χ1n) is 10.8. The predicted octanol–water partition coefficient (Wildman–Crippen LogP) is 7.65. The first kappa shape index (κ1) is 24.1. The molecule has 0 spiro atoms. The van der Waals surface area contributed by atoms with Gasteiger partial charge in [0.25, 0.3) is 0 Å². The summed E-state index contributed by atoms with van der Waals surface area (Å²) in [5.74, 6) is 0.375. The number of carboxylic acids is 1. The van der Waals surface area contributed by atoms with E-state index in [4.69, 9.17) is 9.84 Å². The van der Waals surface area contributed by atoms with Crippen molar-refractivity contribution in [3.63, 3.8) is 0 Å². The average molecular weight is 578 g/mol. The molecule has 0 amide bonds. The molecule has 0 bridgehead atoms. The lowest BCUT2D eigenvalue weighted by molar-refractivity contribution is -0.139. The van der Waals surface area contributed by atoms with Crippen LogP contribution in [0.15, 0.2) is 114 Å². The van der Waals surface area contributed by atoms with Crippen molar-refractivity contribution in [2.24, 2.45) is 0 Å². The minimum absolute atomic E-state index is 0.336. The van der Waals surface area contributed by atoms with Gasteiger partial charge in [-0.3, -0.25) is 0 Å². The van der Waals surface area contributed by atoms with Gasteiger partial charge in [0.05, 0.1) is 0 Å². The summed E-state index contributed by atoms with van der Waals surface area (Å²) in [7, 11) is 0. The molecule has 0 atom stereocenters. The lowest BCUT2D eigenvalue weighted by Gasteiger charge is -2.12.